The topological polar surface area (TPSA) is 60.0 Å². The monoisotopic (exact) mass is 347 g/mol. The van der Waals surface area contributed by atoms with E-state index < -0.39 is 5.97 Å². The Labute approximate surface area is 129 Å². The van der Waals surface area contributed by atoms with E-state index in [1.165, 1.54) is 0 Å². The van der Waals surface area contributed by atoms with E-state index in [1.54, 1.807) is 12.1 Å². The van der Waals surface area contributed by atoms with Crippen molar-refractivity contribution < 1.29 is 9.90 Å². The third-order valence-corrected chi connectivity index (χ3v) is 4.63. The van der Waals surface area contributed by atoms with Crippen molar-refractivity contribution in [2.75, 3.05) is 0 Å². The summed E-state index contributed by atoms with van der Waals surface area (Å²) in [7, 11) is 1.89. The minimum absolute atomic E-state index is 0.313. The second-order valence-electron chi connectivity index (χ2n) is 4.96. The zero-order chi connectivity index (χ0) is 15.1. The molecule has 3 aromatic rings. The minimum Gasteiger partial charge on any atom is -0.478 e. The van der Waals surface area contributed by atoms with Crippen molar-refractivity contribution in [1.82, 2.24) is 14.3 Å². The summed E-state index contributed by atoms with van der Waals surface area (Å²) < 4.78 is 4.72. The number of fused-ring (bicyclic) bond motifs is 1. The Hall–Kier alpha value is -2.08. The summed E-state index contributed by atoms with van der Waals surface area (Å²) in [5.74, 6) is -0.916. The summed E-state index contributed by atoms with van der Waals surface area (Å²) in [6.45, 7) is 2.50. The molecule has 5 nitrogen and oxygen atoms in total. The molecule has 0 aliphatic carbocycles. The fourth-order valence-electron chi connectivity index (χ4n) is 2.58. The summed E-state index contributed by atoms with van der Waals surface area (Å²) in [6, 6.07) is 7.24. The molecule has 0 bridgehead atoms. The van der Waals surface area contributed by atoms with Crippen molar-refractivity contribution in [1.29, 1.82) is 0 Å². The first-order valence-corrected chi connectivity index (χ1v) is 7.27. The van der Waals surface area contributed by atoms with Crippen LogP contribution in [0.15, 0.2) is 34.9 Å². The SMILES string of the molecule is Cc1nn(C)c(Cn2ccc3cccc(C(=O)O)c32)c1Br. The van der Waals surface area contributed by atoms with Crippen LogP contribution >= 0.6 is 15.9 Å². The first-order chi connectivity index (χ1) is 9.99. The molecular formula is C15H14BrN3O2. The first kappa shape index (κ1) is 13.9. The van der Waals surface area contributed by atoms with E-state index in [-0.39, 0.29) is 0 Å². The molecule has 1 aromatic carbocycles. The lowest BCUT2D eigenvalue weighted by molar-refractivity contribution is 0.0698. The van der Waals surface area contributed by atoms with E-state index in [0.29, 0.717) is 12.1 Å². The van der Waals surface area contributed by atoms with Gasteiger partial charge in [0.1, 0.15) is 0 Å². The summed E-state index contributed by atoms with van der Waals surface area (Å²) in [5.41, 5.74) is 2.97. The predicted molar refractivity (Wildman–Crippen MR) is 83.6 cm³/mol. The van der Waals surface area contributed by atoms with Crippen molar-refractivity contribution in [3.05, 3.63) is 51.9 Å². The van der Waals surface area contributed by atoms with Crippen LogP contribution in [0, 0.1) is 6.92 Å². The molecule has 0 radical (unpaired) electrons. The summed E-state index contributed by atoms with van der Waals surface area (Å²) in [6.07, 6.45) is 1.91. The normalized spacial score (nSPS) is 11.2. The van der Waals surface area contributed by atoms with Crippen LogP contribution in [0.3, 0.4) is 0 Å². The van der Waals surface area contributed by atoms with Gasteiger partial charge in [-0.2, -0.15) is 5.10 Å². The van der Waals surface area contributed by atoms with Crippen molar-refractivity contribution in [3.63, 3.8) is 0 Å². The van der Waals surface area contributed by atoms with Gasteiger partial charge in [-0.05, 0) is 35.0 Å². The molecular weight excluding hydrogens is 334 g/mol. The largest absolute Gasteiger partial charge is 0.478 e. The molecule has 3 rings (SSSR count). The molecule has 0 atom stereocenters. The molecule has 0 fully saturated rings. The Bertz CT molecular complexity index is 848. The van der Waals surface area contributed by atoms with Gasteiger partial charge in [-0.25, -0.2) is 4.79 Å². The minimum atomic E-state index is -0.916. The fourth-order valence-corrected chi connectivity index (χ4v) is 3.04. The molecule has 0 saturated carbocycles. The van der Waals surface area contributed by atoms with E-state index in [4.69, 9.17) is 0 Å². The summed E-state index contributed by atoms with van der Waals surface area (Å²) >= 11 is 3.55. The number of nitrogens with zero attached hydrogens (tertiary/aromatic N) is 3. The highest BCUT2D eigenvalue weighted by Gasteiger charge is 2.15. The van der Waals surface area contributed by atoms with Gasteiger partial charge in [0.2, 0.25) is 0 Å². The first-order valence-electron chi connectivity index (χ1n) is 6.48. The molecule has 108 valence electrons. The number of rotatable bonds is 3. The number of hydrogen-bond donors (Lipinski definition) is 1. The molecule has 6 heteroatoms. The van der Waals surface area contributed by atoms with Gasteiger partial charge in [0, 0.05) is 18.6 Å². The van der Waals surface area contributed by atoms with Crippen LogP contribution in [0.1, 0.15) is 21.7 Å². The second kappa shape index (κ2) is 5.04. The van der Waals surface area contributed by atoms with Crippen molar-refractivity contribution in [2.45, 2.75) is 13.5 Å². The maximum atomic E-state index is 11.4. The van der Waals surface area contributed by atoms with Crippen molar-refractivity contribution in [3.8, 4) is 0 Å². The highest BCUT2D eigenvalue weighted by atomic mass is 79.9. The standard InChI is InChI=1S/C15H14BrN3O2/c1-9-13(16)12(18(2)17-9)8-19-7-6-10-4-3-5-11(14(10)19)15(20)21/h3-7H,8H2,1-2H3,(H,20,21). The molecule has 0 amide bonds. The lowest BCUT2D eigenvalue weighted by Gasteiger charge is -2.09. The van der Waals surface area contributed by atoms with Crippen LogP contribution in [0.25, 0.3) is 10.9 Å². The molecule has 0 aliphatic heterocycles. The van der Waals surface area contributed by atoms with Gasteiger partial charge in [-0.15, -0.1) is 0 Å². The Balaban J connectivity index is 2.15. The predicted octanol–water partition coefficient (Wildman–Crippen LogP) is 3.19. The average Bonchev–Trinajstić information content (AvgIpc) is 2.95. The van der Waals surface area contributed by atoms with Gasteiger partial charge in [0.25, 0.3) is 0 Å². The lowest BCUT2D eigenvalue weighted by atomic mass is 10.1. The number of carboxylic acids is 1. The van der Waals surface area contributed by atoms with Crippen LogP contribution in [0.4, 0.5) is 0 Å². The highest BCUT2D eigenvalue weighted by molar-refractivity contribution is 9.10. The number of aryl methyl sites for hydroxylation is 2. The van der Waals surface area contributed by atoms with Gasteiger partial charge in [-0.1, -0.05) is 12.1 Å². The van der Waals surface area contributed by atoms with Crippen molar-refractivity contribution in [2.24, 2.45) is 7.05 Å². The summed E-state index contributed by atoms with van der Waals surface area (Å²) in [5, 5.41) is 14.7. The number of carbonyl (C=O) groups is 1. The maximum Gasteiger partial charge on any atom is 0.337 e. The van der Waals surface area contributed by atoms with Crippen LogP contribution in [-0.2, 0) is 13.6 Å². The molecule has 0 saturated heterocycles. The van der Waals surface area contributed by atoms with E-state index in [0.717, 1.165) is 26.8 Å². The number of aromatic carboxylic acids is 1. The maximum absolute atomic E-state index is 11.4. The number of halogens is 1. The summed E-state index contributed by atoms with van der Waals surface area (Å²) in [4.78, 5) is 11.4. The zero-order valence-electron chi connectivity index (χ0n) is 11.7. The molecule has 1 N–H and O–H groups in total. The molecule has 0 aliphatic rings. The van der Waals surface area contributed by atoms with Gasteiger partial charge in [0.15, 0.2) is 0 Å². The third-order valence-electron chi connectivity index (χ3n) is 3.60. The van der Waals surface area contributed by atoms with E-state index >= 15 is 0 Å². The Morgan fingerprint density at radius 1 is 1.38 bits per heavy atom. The van der Waals surface area contributed by atoms with E-state index in [1.807, 2.05) is 41.5 Å². The van der Waals surface area contributed by atoms with Crippen LogP contribution in [0.2, 0.25) is 0 Å². The lowest BCUT2D eigenvalue weighted by Crippen LogP contribution is -2.07. The van der Waals surface area contributed by atoms with Crippen LogP contribution < -0.4 is 0 Å². The molecule has 21 heavy (non-hydrogen) atoms. The number of para-hydroxylation sites is 1. The number of carboxylic acid groups (broad SMARTS) is 1. The van der Waals surface area contributed by atoms with Gasteiger partial charge in [-0.3, -0.25) is 4.68 Å². The smallest absolute Gasteiger partial charge is 0.337 e. The number of benzene rings is 1. The molecule has 0 spiro atoms. The number of hydrogen-bond acceptors (Lipinski definition) is 2. The fraction of sp³-hybridized carbons (Fsp3) is 0.200. The number of aromatic nitrogens is 3. The van der Waals surface area contributed by atoms with Crippen LogP contribution in [0.5, 0.6) is 0 Å². The Morgan fingerprint density at radius 3 is 2.76 bits per heavy atom. The van der Waals surface area contributed by atoms with Crippen LogP contribution in [-0.4, -0.2) is 25.4 Å². The Kier molecular flexibility index (Phi) is 3.33. The highest BCUT2D eigenvalue weighted by Crippen LogP contribution is 2.25. The molecule has 2 aromatic heterocycles. The second-order valence-corrected chi connectivity index (χ2v) is 5.75. The third kappa shape index (κ3) is 2.25. The van der Waals surface area contributed by atoms with Gasteiger partial charge < -0.3 is 9.67 Å². The van der Waals surface area contributed by atoms with Gasteiger partial charge in [0.05, 0.1) is 33.5 Å². The van der Waals surface area contributed by atoms with E-state index in [2.05, 4.69) is 21.0 Å². The van der Waals surface area contributed by atoms with Crippen molar-refractivity contribution >= 4 is 32.8 Å². The average molecular weight is 348 g/mol. The quantitative estimate of drug-likeness (QED) is 0.791. The van der Waals surface area contributed by atoms with Gasteiger partial charge >= 0.3 is 5.97 Å². The zero-order valence-corrected chi connectivity index (χ0v) is 13.3. The molecule has 2 heterocycles. The molecule has 0 unspecified atom stereocenters. The van der Waals surface area contributed by atoms with E-state index in [9.17, 15) is 9.90 Å². The Morgan fingerprint density at radius 2 is 2.14 bits per heavy atom.